The van der Waals surface area contributed by atoms with Crippen LogP contribution in [0, 0.1) is 0 Å². The minimum absolute atomic E-state index is 0.00335. The van der Waals surface area contributed by atoms with Crippen molar-refractivity contribution in [1.82, 2.24) is 10.9 Å². The average Bonchev–Trinajstić information content (AvgIpc) is 3.26. The normalized spacial score (nSPS) is 18.8. The molecule has 3 N–H and O–H groups in total. The molecule has 39 heavy (non-hydrogen) atoms. The first kappa shape index (κ1) is 28.1. The standard InChI is InChI=1S/C29H30F3N3O4/c1-20-28(18-21-8-3-2-4-9-21,27(37)35-33-19-23-10-5-6-11-25(23)29(30,31)32)34-26(39-20)22-12-14-24(15-13-22)38-17-7-16-36/h2-6,8-15,20,33,36H,7,16-19H2,1H3,(H,35,37)/t20-,28-/m0/s1. The maximum Gasteiger partial charge on any atom is 0.416 e. The molecule has 0 aromatic heterocycles. The van der Waals surface area contributed by atoms with E-state index in [1.54, 1.807) is 31.2 Å². The summed E-state index contributed by atoms with van der Waals surface area (Å²) in [6.07, 6.45) is -4.45. The lowest BCUT2D eigenvalue weighted by Crippen LogP contribution is -2.55. The van der Waals surface area contributed by atoms with Gasteiger partial charge in [0.05, 0.1) is 12.2 Å². The number of halogens is 3. The van der Waals surface area contributed by atoms with Crippen molar-refractivity contribution in [2.75, 3.05) is 13.2 Å². The van der Waals surface area contributed by atoms with E-state index < -0.39 is 29.3 Å². The molecule has 3 aromatic rings. The molecule has 1 aliphatic heterocycles. The van der Waals surface area contributed by atoms with Crippen molar-refractivity contribution in [2.24, 2.45) is 4.99 Å². The summed E-state index contributed by atoms with van der Waals surface area (Å²) < 4.78 is 51.8. The van der Waals surface area contributed by atoms with E-state index in [0.717, 1.165) is 11.6 Å². The number of aliphatic hydroxyl groups excluding tert-OH is 1. The SMILES string of the molecule is C[C@@H]1OC(c2ccc(OCCCO)cc2)=N[C@]1(Cc1ccccc1)C(=O)NNCc1ccccc1C(F)(F)F. The Morgan fingerprint density at radius 2 is 1.74 bits per heavy atom. The van der Waals surface area contributed by atoms with Crippen LogP contribution in [0.15, 0.2) is 83.9 Å². The molecule has 0 spiro atoms. The van der Waals surface area contributed by atoms with E-state index in [2.05, 4.69) is 10.9 Å². The Labute approximate surface area is 224 Å². The maximum atomic E-state index is 13.6. The number of rotatable bonds is 11. The number of nitrogens with zero attached hydrogens (tertiary/aromatic N) is 1. The highest BCUT2D eigenvalue weighted by molar-refractivity contribution is 6.00. The molecule has 0 unspecified atom stereocenters. The fraction of sp³-hybridized carbons (Fsp3) is 0.310. The Morgan fingerprint density at radius 1 is 1.05 bits per heavy atom. The molecular formula is C29H30F3N3O4. The molecule has 4 rings (SSSR count). The van der Waals surface area contributed by atoms with E-state index in [1.807, 2.05) is 30.3 Å². The summed E-state index contributed by atoms with van der Waals surface area (Å²) in [4.78, 5) is 18.4. The van der Waals surface area contributed by atoms with Crippen LogP contribution in [0.3, 0.4) is 0 Å². The molecule has 0 fully saturated rings. The van der Waals surface area contributed by atoms with Gasteiger partial charge in [-0.15, -0.1) is 0 Å². The third-order valence-corrected chi connectivity index (χ3v) is 6.45. The largest absolute Gasteiger partial charge is 0.494 e. The highest BCUT2D eigenvalue weighted by atomic mass is 19.4. The number of aliphatic imine (C=N–C) groups is 1. The molecule has 206 valence electrons. The fourth-order valence-electron chi connectivity index (χ4n) is 4.33. The van der Waals surface area contributed by atoms with Gasteiger partial charge in [-0.2, -0.15) is 13.2 Å². The van der Waals surface area contributed by atoms with Crippen LogP contribution in [0.4, 0.5) is 13.2 Å². The van der Waals surface area contributed by atoms with E-state index >= 15 is 0 Å². The number of ether oxygens (including phenoxy) is 2. The molecule has 2 atom stereocenters. The molecule has 3 aromatic carbocycles. The van der Waals surface area contributed by atoms with E-state index in [0.29, 0.717) is 24.3 Å². The van der Waals surface area contributed by atoms with Gasteiger partial charge in [-0.1, -0.05) is 48.5 Å². The monoisotopic (exact) mass is 541 g/mol. The Bertz CT molecular complexity index is 1280. The van der Waals surface area contributed by atoms with Crippen LogP contribution in [0.5, 0.6) is 5.75 Å². The molecule has 0 bridgehead atoms. The summed E-state index contributed by atoms with van der Waals surface area (Å²) in [7, 11) is 0. The van der Waals surface area contributed by atoms with Crippen LogP contribution in [0.25, 0.3) is 0 Å². The van der Waals surface area contributed by atoms with Gasteiger partial charge >= 0.3 is 6.18 Å². The van der Waals surface area contributed by atoms with Gasteiger partial charge < -0.3 is 14.6 Å². The number of benzene rings is 3. The summed E-state index contributed by atoms with van der Waals surface area (Å²) in [5.41, 5.74) is 4.57. The highest BCUT2D eigenvalue weighted by Gasteiger charge is 2.50. The number of hydrogen-bond donors (Lipinski definition) is 3. The molecule has 10 heteroatoms. The maximum absolute atomic E-state index is 13.6. The predicted octanol–water partition coefficient (Wildman–Crippen LogP) is 4.43. The second kappa shape index (κ2) is 12.3. The summed E-state index contributed by atoms with van der Waals surface area (Å²) in [6.45, 7) is 1.93. The minimum atomic E-state index is -4.51. The lowest BCUT2D eigenvalue weighted by atomic mass is 9.86. The molecule has 0 saturated heterocycles. The molecule has 0 aliphatic carbocycles. The van der Waals surface area contributed by atoms with Gasteiger partial charge in [0, 0.05) is 31.6 Å². The molecule has 7 nitrogen and oxygen atoms in total. The van der Waals surface area contributed by atoms with E-state index in [4.69, 9.17) is 19.6 Å². The highest BCUT2D eigenvalue weighted by Crippen LogP contribution is 2.33. The predicted molar refractivity (Wildman–Crippen MR) is 140 cm³/mol. The number of nitrogens with one attached hydrogen (secondary N) is 2. The Morgan fingerprint density at radius 3 is 2.44 bits per heavy atom. The number of carbonyl (C=O) groups is 1. The van der Waals surface area contributed by atoms with Crippen LogP contribution in [-0.2, 0) is 28.7 Å². The number of alkyl halides is 3. The third kappa shape index (κ3) is 6.76. The van der Waals surface area contributed by atoms with Gasteiger partial charge in [0.25, 0.3) is 5.91 Å². The second-order valence-corrected chi connectivity index (χ2v) is 9.18. The van der Waals surface area contributed by atoms with Crippen molar-refractivity contribution in [3.63, 3.8) is 0 Å². The fourth-order valence-corrected chi connectivity index (χ4v) is 4.33. The summed E-state index contributed by atoms with van der Waals surface area (Å²) in [5.74, 6) is 0.371. The van der Waals surface area contributed by atoms with Crippen molar-refractivity contribution in [3.8, 4) is 5.75 Å². The van der Waals surface area contributed by atoms with Crippen LogP contribution in [-0.4, -0.2) is 41.8 Å². The second-order valence-electron chi connectivity index (χ2n) is 9.18. The van der Waals surface area contributed by atoms with Crippen molar-refractivity contribution in [2.45, 2.75) is 44.1 Å². The number of amides is 1. The quantitative estimate of drug-likeness (QED) is 0.247. The Kier molecular flexibility index (Phi) is 8.88. The van der Waals surface area contributed by atoms with Crippen molar-refractivity contribution >= 4 is 11.8 Å². The molecule has 0 radical (unpaired) electrons. The molecular weight excluding hydrogens is 511 g/mol. The van der Waals surface area contributed by atoms with Crippen LogP contribution >= 0.6 is 0 Å². The average molecular weight is 542 g/mol. The summed E-state index contributed by atoms with van der Waals surface area (Å²) >= 11 is 0. The van der Waals surface area contributed by atoms with Crippen LogP contribution < -0.4 is 15.6 Å². The molecule has 1 amide bonds. The van der Waals surface area contributed by atoms with Gasteiger partial charge in [0.15, 0.2) is 5.54 Å². The zero-order valence-corrected chi connectivity index (χ0v) is 21.4. The summed E-state index contributed by atoms with van der Waals surface area (Å²) in [6, 6.07) is 21.6. The first-order chi connectivity index (χ1) is 18.7. The molecule has 1 aliphatic rings. The van der Waals surface area contributed by atoms with Crippen LogP contribution in [0.1, 0.15) is 35.6 Å². The van der Waals surface area contributed by atoms with Gasteiger partial charge in [-0.3, -0.25) is 10.2 Å². The Hall–Kier alpha value is -3.89. The third-order valence-electron chi connectivity index (χ3n) is 6.45. The first-order valence-corrected chi connectivity index (χ1v) is 12.6. The first-order valence-electron chi connectivity index (χ1n) is 12.6. The van der Waals surface area contributed by atoms with Crippen molar-refractivity contribution in [1.29, 1.82) is 0 Å². The van der Waals surface area contributed by atoms with Crippen molar-refractivity contribution in [3.05, 3.63) is 101 Å². The molecule has 1 heterocycles. The van der Waals surface area contributed by atoms with E-state index in [1.165, 1.54) is 18.2 Å². The van der Waals surface area contributed by atoms with Gasteiger partial charge in [0.1, 0.15) is 11.9 Å². The van der Waals surface area contributed by atoms with Crippen molar-refractivity contribution < 1.29 is 32.5 Å². The number of aliphatic hydroxyl groups is 1. The lowest BCUT2D eigenvalue weighted by molar-refractivity contribution is -0.138. The van der Waals surface area contributed by atoms with Gasteiger partial charge in [0.2, 0.25) is 5.90 Å². The molecule has 0 saturated carbocycles. The van der Waals surface area contributed by atoms with Gasteiger partial charge in [-0.05, 0) is 48.4 Å². The number of hydrazine groups is 1. The Balaban J connectivity index is 1.55. The summed E-state index contributed by atoms with van der Waals surface area (Å²) in [5, 5.41) is 8.92. The minimum Gasteiger partial charge on any atom is -0.494 e. The van der Waals surface area contributed by atoms with E-state index in [9.17, 15) is 18.0 Å². The number of hydrogen-bond acceptors (Lipinski definition) is 6. The zero-order chi connectivity index (χ0) is 27.9. The van der Waals surface area contributed by atoms with Crippen LogP contribution in [0.2, 0.25) is 0 Å². The topological polar surface area (TPSA) is 92.2 Å². The van der Waals surface area contributed by atoms with Gasteiger partial charge in [-0.25, -0.2) is 10.4 Å². The van der Waals surface area contributed by atoms with E-state index in [-0.39, 0.29) is 31.0 Å². The lowest BCUT2D eigenvalue weighted by Gasteiger charge is -2.28. The number of carbonyl (C=O) groups excluding carboxylic acids is 1. The smallest absolute Gasteiger partial charge is 0.416 e. The zero-order valence-electron chi connectivity index (χ0n) is 21.4.